The minimum absolute atomic E-state index is 0.0714. The molecular formula is C23H33NO5. The number of carbonyl (C=O) groups excluding carboxylic acids is 2. The Hall–Kier alpha value is -2.34. The molecule has 1 aromatic carbocycles. The van der Waals surface area contributed by atoms with Crippen molar-refractivity contribution in [3.05, 3.63) is 47.5 Å². The molecule has 0 aromatic heterocycles. The third-order valence-corrected chi connectivity index (χ3v) is 5.02. The van der Waals surface area contributed by atoms with Crippen LogP contribution in [0.2, 0.25) is 0 Å². The monoisotopic (exact) mass is 403 g/mol. The highest BCUT2D eigenvalue weighted by atomic mass is 16.6. The number of hydrogen-bond donors (Lipinski definition) is 0. The predicted octanol–water partition coefficient (Wildman–Crippen LogP) is 4.80. The molecule has 0 radical (unpaired) electrons. The smallest absolute Gasteiger partial charge is 0.412 e. The molecule has 0 spiro atoms. The van der Waals surface area contributed by atoms with Gasteiger partial charge in [0, 0.05) is 5.92 Å². The number of rotatable bonds is 5. The molecule has 0 N–H and O–H groups in total. The van der Waals surface area contributed by atoms with Crippen molar-refractivity contribution in [1.29, 1.82) is 0 Å². The van der Waals surface area contributed by atoms with Crippen LogP contribution in [0.3, 0.4) is 0 Å². The van der Waals surface area contributed by atoms with Crippen LogP contribution in [0.5, 0.6) is 0 Å². The van der Waals surface area contributed by atoms with E-state index in [9.17, 15) is 9.59 Å². The van der Waals surface area contributed by atoms with Gasteiger partial charge in [0.2, 0.25) is 0 Å². The number of ether oxygens (including phenoxy) is 3. The van der Waals surface area contributed by atoms with E-state index in [1.807, 2.05) is 60.6 Å². The molecule has 6 nitrogen and oxygen atoms in total. The molecule has 1 amide bonds. The van der Waals surface area contributed by atoms with E-state index in [1.54, 1.807) is 29.2 Å². The van der Waals surface area contributed by atoms with Crippen LogP contribution in [0.25, 0.3) is 0 Å². The van der Waals surface area contributed by atoms with Crippen LogP contribution in [0.4, 0.5) is 4.79 Å². The summed E-state index contributed by atoms with van der Waals surface area (Å²) in [7, 11) is 0. The lowest BCUT2D eigenvalue weighted by Gasteiger charge is -2.37. The lowest BCUT2D eigenvalue weighted by molar-refractivity contribution is -0.0638. The van der Waals surface area contributed by atoms with Gasteiger partial charge in [-0.2, -0.15) is 0 Å². The first-order chi connectivity index (χ1) is 13.5. The molecular weight excluding hydrogens is 370 g/mol. The fourth-order valence-electron chi connectivity index (χ4n) is 3.40. The zero-order valence-corrected chi connectivity index (χ0v) is 18.5. The molecule has 0 aliphatic carbocycles. The SMILES string of the molecule is C/C=C(/COC(=O)c1ccccc1)[C@@H](C)[C@H]1COC(C)(C)N1C(=O)OC(C)(C)C. The van der Waals surface area contributed by atoms with Crippen molar-refractivity contribution in [3.63, 3.8) is 0 Å². The van der Waals surface area contributed by atoms with Crippen molar-refractivity contribution in [2.75, 3.05) is 13.2 Å². The number of hydrogen-bond acceptors (Lipinski definition) is 5. The second kappa shape index (κ2) is 8.99. The summed E-state index contributed by atoms with van der Waals surface area (Å²) in [5.74, 6) is -0.443. The summed E-state index contributed by atoms with van der Waals surface area (Å²) < 4.78 is 17.0. The highest BCUT2D eigenvalue weighted by Gasteiger charge is 2.48. The third-order valence-electron chi connectivity index (χ3n) is 5.02. The van der Waals surface area contributed by atoms with E-state index in [2.05, 4.69) is 0 Å². The van der Waals surface area contributed by atoms with E-state index in [0.717, 1.165) is 5.57 Å². The maximum Gasteiger partial charge on any atom is 0.412 e. The summed E-state index contributed by atoms with van der Waals surface area (Å²) in [5.41, 5.74) is 0.0596. The number of nitrogens with zero attached hydrogens (tertiary/aromatic N) is 1. The Labute approximate surface area is 173 Å². The predicted molar refractivity (Wildman–Crippen MR) is 112 cm³/mol. The topological polar surface area (TPSA) is 65.1 Å². The van der Waals surface area contributed by atoms with E-state index in [0.29, 0.717) is 12.2 Å². The molecule has 1 aliphatic heterocycles. The van der Waals surface area contributed by atoms with Crippen LogP contribution < -0.4 is 0 Å². The van der Waals surface area contributed by atoms with Crippen molar-refractivity contribution in [2.24, 2.45) is 5.92 Å². The molecule has 1 aliphatic rings. The zero-order valence-electron chi connectivity index (χ0n) is 18.5. The number of amides is 1. The first kappa shape index (κ1) is 22.9. The van der Waals surface area contributed by atoms with Crippen LogP contribution in [-0.2, 0) is 14.2 Å². The molecule has 0 saturated carbocycles. The number of esters is 1. The molecule has 0 unspecified atom stereocenters. The maximum absolute atomic E-state index is 12.9. The van der Waals surface area contributed by atoms with Crippen molar-refractivity contribution < 1.29 is 23.8 Å². The van der Waals surface area contributed by atoms with Crippen molar-refractivity contribution in [2.45, 2.75) is 65.8 Å². The van der Waals surface area contributed by atoms with E-state index in [-0.39, 0.29) is 24.5 Å². The quantitative estimate of drug-likeness (QED) is 0.522. The first-order valence-electron chi connectivity index (χ1n) is 10.00. The summed E-state index contributed by atoms with van der Waals surface area (Å²) in [6.07, 6.45) is 1.52. The summed E-state index contributed by atoms with van der Waals surface area (Å²) in [6.45, 7) is 13.7. The molecule has 0 bridgehead atoms. The molecule has 1 fully saturated rings. The van der Waals surface area contributed by atoms with Crippen molar-refractivity contribution in [1.82, 2.24) is 4.90 Å². The molecule has 1 saturated heterocycles. The van der Waals surface area contributed by atoms with Gasteiger partial charge >= 0.3 is 12.1 Å². The standard InChI is InChI=1S/C23H33NO5/c1-8-17(14-27-20(25)18-12-10-9-11-13-18)16(2)19-15-28-23(6,7)24(19)21(26)29-22(3,4)5/h8-13,16,19H,14-15H2,1-7H3/b17-8-/t16-,19-/m1/s1. The molecule has 1 heterocycles. The van der Waals surface area contributed by atoms with Crippen LogP contribution in [0, 0.1) is 5.92 Å². The van der Waals surface area contributed by atoms with Gasteiger partial charge in [-0.15, -0.1) is 0 Å². The molecule has 29 heavy (non-hydrogen) atoms. The minimum Gasteiger partial charge on any atom is -0.458 e. The molecule has 2 rings (SSSR count). The molecule has 1 aromatic rings. The Kier molecular flexibility index (Phi) is 7.11. The van der Waals surface area contributed by atoms with E-state index in [4.69, 9.17) is 14.2 Å². The fourth-order valence-corrected chi connectivity index (χ4v) is 3.40. The van der Waals surface area contributed by atoms with Gasteiger partial charge < -0.3 is 14.2 Å². The van der Waals surface area contributed by atoms with Crippen molar-refractivity contribution >= 4 is 12.1 Å². The van der Waals surface area contributed by atoms with Gasteiger partial charge in [-0.25, -0.2) is 9.59 Å². The van der Waals surface area contributed by atoms with Gasteiger partial charge in [0.05, 0.1) is 18.2 Å². The summed E-state index contributed by atoms with van der Waals surface area (Å²) in [6, 6.07) is 8.67. The Balaban J connectivity index is 2.11. The largest absolute Gasteiger partial charge is 0.458 e. The van der Waals surface area contributed by atoms with Crippen LogP contribution >= 0.6 is 0 Å². The molecule has 6 heteroatoms. The number of carbonyl (C=O) groups is 2. The Morgan fingerprint density at radius 1 is 1.28 bits per heavy atom. The van der Waals surface area contributed by atoms with E-state index < -0.39 is 17.4 Å². The van der Waals surface area contributed by atoms with Crippen LogP contribution in [0.1, 0.15) is 58.8 Å². The third kappa shape index (κ3) is 5.82. The molecule has 2 atom stereocenters. The minimum atomic E-state index is -0.777. The van der Waals surface area contributed by atoms with Gasteiger partial charge in [0.25, 0.3) is 0 Å². The molecule has 160 valence electrons. The summed E-state index contributed by atoms with van der Waals surface area (Å²) >= 11 is 0. The van der Waals surface area contributed by atoms with Crippen molar-refractivity contribution in [3.8, 4) is 0 Å². The van der Waals surface area contributed by atoms with Crippen LogP contribution in [0.15, 0.2) is 42.0 Å². The Bertz CT molecular complexity index is 748. The number of benzene rings is 1. The summed E-state index contributed by atoms with van der Waals surface area (Å²) in [5, 5.41) is 0. The lowest BCUT2D eigenvalue weighted by atomic mass is 9.92. The van der Waals surface area contributed by atoms with E-state index >= 15 is 0 Å². The van der Waals surface area contributed by atoms with Gasteiger partial charge in [-0.1, -0.05) is 31.2 Å². The average Bonchev–Trinajstić information content (AvgIpc) is 2.96. The first-order valence-corrected chi connectivity index (χ1v) is 10.00. The van der Waals surface area contributed by atoms with Gasteiger partial charge in [-0.05, 0) is 59.2 Å². The Morgan fingerprint density at radius 2 is 1.90 bits per heavy atom. The second-order valence-corrected chi connectivity index (χ2v) is 8.77. The van der Waals surface area contributed by atoms with E-state index in [1.165, 1.54) is 0 Å². The lowest BCUT2D eigenvalue weighted by Crippen LogP contribution is -2.52. The zero-order chi connectivity index (χ0) is 21.8. The van der Waals surface area contributed by atoms with Gasteiger partial charge in [-0.3, -0.25) is 4.90 Å². The second-order valence-electron chi connectivity index (χ2n) is 8.77. The van der Waals surface area contributed by atoms with Crippen LogP contribution in [-0.4, -0.2) is 47.5 Å². The average molecular weight is 404 g/mol. The maximum atomic E-state index is 12.9. The number of allylic oxidation sites excluding steroid dienone is 1. The van der Waals surface area contributed by atoms with Gasteiger partial charge in [0.15, 0.2) is 0 Å². The fraction of sp³-hybridized carbons (Fsp3) is 0.565. The highest BCUT2D eigenvalue weighted by Crippen LogP contribution is 2.35. The highest BCUT2D eigenvalue weighted by molar-refractivity contribution is 5.89. The van der Waals surface area contributed by atoms with Gasteiger partial charge in [0.1, 0.15) is 17.9 Å². The Morgan fingerprint density at radius 3 is 2.45 bits per heavy atom. The summed E-state index contributed by atoms with van der Waals surface area (Å²) in [4.78, 5) is 26.8. The normalized spacial score (nSPS) is 20.3.